The van der Waals surface area contributed by atoms with Gasteiger partial charge in [-0.1, -0.05) is 0 Å². The van der Waals surface area contributed by atoms with Crippen molar-refractivity contribution >= 4 is 23.1 Å². The monoisotopic (exact) mass is 453 g/mol. The van der Waals surface area contributed by atoms with Crippen molar-refractivity contribution in [1.29, 1.82) is 0 Å². The molecular weight excluding hydrogens is 422 g/mol. The molecule has 3 aromatic rings. The Hall–Kier alpha value is -3.34. The molecule has 176 valence electrons. The largest absolute Gasteiger partial charge is 0.449 e. The van der Waals surface area contributed by atoms with E-state index in [1.165, 1.54) is 0 Å². The first-order chi connectivity index (χ1) is 16.0. The Kier molecular flexibility index (Phi) is 6.97. The van der Waals surface area contributed by atoms with E-state index in [0.29, 0.717) is 43.4 Å². The molecule has 1 aliphatic heterocycles. The van der Waals surface area contributed by atoms with Crippen molar-refractivity contribution in [2.45, 2.75) is 39.3 Å². The molecule has 1 amide bonds. The van der Waals surface area contributed by atoms with Crippen molar-refractivity contribution in [1.82, 2.24) is 39.3 Å². The number of fused-ring (bicyclic) bond motifs is 1. The second-order valence-corrected chi connectivity index (χ2v) is 8.44. The van der Waals surface area contributed by atoms with Crippen LogP contribution in [0.2, 0.25) is 0 Å². The Bertz CT molecular complexity index is 1100. The van der Waals surface area contributed by atoms with Gasteiger partial charge in [-0.25, -0.2) is 29.7 Å². The summed E-state index contributed by atoms with van der Waals surface area (Å²) in [7, 11) is 4.01. The average molecular weight is 454 g/mol. The molecule has 0 bridgehead atoms. The lowest BCUT2D eigenvalue weighted by molar-refractivity contribution is 0.107. The topological polar surface area (TPSA) is 114 Å². The van der Waals surface area contributed by atoms with Gasteiger partial charge < -0.3 is 24.4 Å². The average Bonchev–Trinajstić information content (AvgIpc) is 3.42. The predicted molar refractivity (Wildman–Crippen MR) is 125 cm³/mol. The summed E-state index contributed by atoms with van der Waals surface area (Å²) in [5, 5.41) is 3.46. The zero-order chi connectivity index (χ0) is 23.4. The summed E-state index contributed by atoms with van der Waals surface area (Å²) in [5.74, 6) is 2.13. The van der Waals surface area contributed by atoms with Crippen LogP contribution in [0, 0.1) is 6.92 Å². The van der Waals surface area contributed by atoms with Gasteiger partial charge in [0.15, 0.2) is 17.0 Å². The van der Waals surface area contributed by atoms with Gasteiger partial charge in [0.25, 0.3) is 0 Å². The highest BCUT2D eigenvalue weighted by molar-refractivity contribution is 5.86. The number of rotatable bonds is 8. The van der Waals surface area contributed by atoms with Crippen LogP contribution in [0.15, 0.2) is 18.7 Å². The van der Waals surface area contributed by atoms with Crippen LogP contribution in [0.3, 0.4) is 0 Å². The summed E-state index contributed by atoms with van der Waals surface area (Å²) < 4.78 is 7.45. The maximum absolute atomic E-state index is 12.4. The van der Waals surface area contributed by atoms with E-state index in [1.807, 2.05) is 32.5 Å². The van der Waals surface area contributed by atoms with Crippen LogP contribution in [-0.2, 0) is 11.3 Å². The third kappa shape index (κ3) is 5.19. The normalized spacial score (nSPS) is 16.0. The van der Waals surface area contributed by atoms with Crippen molar-refractivity contribution in [2.24, 2.45) is 0 Å². The van der Waals surface area contributed by atoms with Gasteiger partial charge in [0, 0.05) is 44.6 Å². The minimum absolute atomic E-state index is 0.0651. The maximum Gasteiger partial charge on any atom is 0.409 e. The summed E-state index contributed by atoms with van der Waals surface area (Å²) in [5.41, 5.74) is 2.27. The van der Waals surface area contributed by atoms with E-state index in [9.17, 15) is 4.79 Å². The lowest BCUT2D eigenvalue weighted by atomic mass is 10.2. The Morgan fingerprint density at radius 3 is 2.76 bits per heavy atom. The molecular formula is C22H31N9O2. The molecule has 4 rings (SSSR count). The number of hydrogen-bond acceptors (Lipinski definition) is 9. The van der Waals surface area contributed by atoms with E-state index in [2.05, 4.69) is 30.2 Å². The number of likely N-dealkylation sites (tertiary alicyclic amines) is 1. The van der Waals surface area contributed by atoms with E-state index < -0.39 is 0 Å². The summed E-state index contributed by atoms with van der Waals surface area (Å²) in [4.78, 5) is 38.5. The number of aromatic nitrogens is 6. The minimum Gasteiger partial charge on any atom is -0.449 e. The summed E-state index contributed by atoms with van der Waals surface area (Å²) in [6.07, 6.45) is 6.46. The minimum atomic E-state index is -0.261. The second-order valence-electron chi connectivity index (χ2n) is 8.44. The number of nitrogens with one attached hydrogen (secondary N) is 1. The molecule has 0 spiro atoms. The van der Waals surface area contributed by atoms with E-state index in [1.54, 1.807) is 23.6 Å². The van der Waals surface area contributed by atoms with Gasteiger partial charge in [-0.3, -0.25) is 0 Å². The molecule has 0 radical (unpaired) electrons. The SMILES string of the molecule is CCn1c(-c2cnc(C)nc2)nc2c(N[C@H]3CCN(C(=O)OCCCN(C)C)C3)ncnc21. The van der Waals surface area contributed by atoms with Crippen LogP contribution in [0.4, 0.5) is 10.6 Å². The number of imidazole rings is 1. The molecule has 4 heterocycles. The lowest BCUT2D eigenvalue weighted by Crippen LogP contribution is -2.32. The highest BCUT2D eigenvalue weighted by Crippen LogP contribution is 2.27. The second kappa shape index (κ2) is 10.1. The fraction of sp³-hybridized carbons (Fsp3) is 0.545. The first-order valence-corrected chi connectivity index (χ1v) is 11.3. The molecule has 0 saturated carbocycles. The summed E-state index contributed by atoms with van der Waals surface area (Å²) in [6.45, 7) is 7.13. The molecule has 11 nitrogen and oxygen atoms in total. The standard InChI is InChI=1S/C22H31N9O2/c1-5-31-20(16-11-23-15(2)24-12-16)28-18-19(25-14-26-21(18)31)27-17-7-9-30(13-17)22(32)33-10-6-8-29(3)4/h11-12,14,17H,5-10,13H2,1-4H3,(H,25,26,27)/t17-/m0/s1. The summed E-state index contributed by atoms with van der Waals surface area (Å²) >= 11 is 0. The van der Waals surface area contributed by atoms with Gasteiger partial charge in [0.2, 0.25) is 0 Å². The highest BCUT2D eigenvalue weighted by Gasteiger charge is 2.28. The van der Waals surface area contributed by atoms with E-state index in [4.69, 9.17) is 9.72 Å². The Balaban J connectivity index is 1.46. The molecule has 0 aromatic carbocycles. The molecule has 11 heteroatoms. The number of carbonyl (C=O) groups is 1. The van der Waals surface area contributed by atoms with Crippen LogP contribution in [-0.4, -0.2) is 91.8 Å². The van der Waals surface area contributed by atoms with Crippen LogP contribution in [0.1, 0.15) is 25.6 Å². The Labute approximate surface area is 193 Å². The van der Waals surface area contributed by atoms with Crippen molar-refractivity contribution in [2.75, 3.05) is 45.7 Å². The number of ether oxygens (including phenoxy) is 1. The van der Waals surface area contributed by atoms with Crippen LogP contribution < -0.4 is 5.32 Å². The smallest absolute Gasteiger partial charge is 0.409 e. The van der Waals surface area contributed by atoms with Gasteiger partial charge in [-0.15, -0.1) is 0 Å². The first-order valence-electron chi connectivity index (χ1n) is 11.3. The molecule has 1 N–H and O–H groups in total. The highest BCUT2D eigenvalue weighted by atomic mass is 16.6. The van der Waals surface area contributed by atoms with E-state index >= 15 is 0 Å². The number of carbonyl (C=O) groups excluding carboxylic acids is 1. The zero-order valence-electron chi connectivity index (χ0n) is 19.7. The molecule has 1 fully saturated rings. The number of nitrogens with zero attached hydrogens (tertiary/aromatic N) is 8. The lowest BCUT2D eigenvalue weighted by Gasteiger charge is -2.17. The van der Waals surface area contributed by atoms with Crippen LogP contribution in [0.25, 0.3) is 22.6 Å². The number of aryl methyl sites for hydroxylation is 2. The van der Waals surface area contributed by atoms with Gasteiger partial charge >= 0.3 is 6.09 Å². The van der Waals surface area contributed by atoms with Gasteiger partial charge in [-0.05, 0) is 40.8 Å². The summed E-state index contributed by atoms with van der Waals surface area (Å²) in [6, 6.07) is 0.0651. The Morgan fingerprint density at radius 1 is 1.24 bits per heavy atom. The fourth-order valence-electron chi connectivity index (χ4n) is 3.94. The predicted octanol–water partition coefficient (Wildman–Crippen LogP) is 2.19. The van der Waals surface area contributed by atoms with E-state index in [-0.39, 0.29) is 12.1 Å². The Morgan fingerprint density at radius 2 is 2.03 bits per heavy atom. The number of hydrogen-bond donors (Lipinski definition) is 1. The third-order valence-corrected chi connectivity index (χ3v) is 5.65. The third-order valence-electron chi connectivity index (χ3n) is 5.65. The van der Waals surface area contributed by atoms with Crippen molar-refractivity contribution < 1.29 is 9.53 Å². The molecule has 1 atom stereocenters. The molecule has 1 saturated heterocycles. The van der Waals surface area contributed by atoms with E-state index in [0.717, 1.165) is 36.4 Å². The van der Waals surface area contributed by atoms with Crippen LogP contribution >= 0.6 is 0 Å². The van der Waals surface area contributed by atoms with Crippen molar-refractivity contribution in [3.05, 3.63) is 24.5 Å². The first kappa shape index (κ1) is 22.8. The van der Waals surface area contributed by atoms with Crippen molar-refractivity contribution in [3.63, 3.8) is 0 Å². The quantitative estimate of drug-likeness (QED) is 0.513. The van der Waals surface area contributed by atoms with Gasteiger partial charge in [0.05, 0.1) is 12.2 Å². The maximum atomic E-state index is 12.4. The van der Waals surface area contributed by atoms with Gasteiger partial charge in [0.1, 0.15) is 18.0 Å². The molecule has 0 unspecified atom stereocenters. The molecule has 3 aromatic heterocycles. The number of anilines is 1. The molecule has 33 heavy (non-hydrogen) atoms. The van der Waals surface area contributed by atoms with Crippen LogP contribution in [0.5, 0.6) is 0 Å². The molecule has 0 aliphatic carbocycles. The zero-order valence-corrected chi connectivity index (χ0v) is 19.7. The number of amides is 1. The van der Waals surface area contributed by atoms with Gasteiger partial charge in [-0.2, -0.15) is 0 Å². The fourth-order valence-corrected chi connectivity index (χ4v) is 3.94. The molecule has 1 aliphatic rings. The van der Waals surface area contributed by atoms with Crippen molar-refractivity contribution in [3.8, 4) is 11.4 Å².